The second-order valence-corrected chi connectivity index (χ2v) is 6.17. The van der Waals surface area contributed by atoms with Gasteiger partial charge in [-0.25, -0.2) is 0 Å². The lowest BCUT2D eigenvalue weighted by atomic mass is 9.88. The summed E-state index contributed by atoms with van der Waals surface area (Å²) in [7, 11) is 0. The summed E-state index contributed by atoms with van der Waals surface area (Å²) in [6.45, 7) is 10.1. The van der Waals surface area contributed by atoms with Crippen molar-refractivity contribution in [3.63, 3.8) is 0 Å². The zero-order valence-electron chi connectivity index (χ0n) is 12.3. The van der Waals surface area contributed by atoms with Crippen molar-refractivity contribution in [2.45, 2.75) is 77.1 Å². The third kappa shape index (κ3) is 3.94. The van der Waals surface area contributed by atoms with Crippen molar-refractivity contribution in [1.82, 2.24) is 10.2 Å². The van der Waals surface area contributed by atoms with Crippen LogP contribution in [0.4, 0.5) is 0 Å². The minimum atomic E-state index is 0.533. The van der Waals surface area contributed by atoms with Crippen LogP contribution in [0.1, 0.15) is 52.9 Å². The molecule has 0 amide bonds. The van der Waals surface area contributed by atoms with Gasteiger partial charge in [0.1, 0.15) is 0 Å². The van der Waals surface area contributed by atoms with Crippen LogP contribution in [0.15, 0.2) is 0 Å². The highest BCUT2D eigenvalue weighted by atomic mass is 16.5. The molecule has 1 saturated carbocycles. The SMILES string of the molecule is CCOC1CC(NC2CCCN(C(C)C)CC2)C1. The maximum Gasteiger partial charge on any atom is 0.0604 e. The molecule has 1 atom stereocenters. The summed E-state index contributed by atoms with van der Waals surface area (Å²) in [5.41, 5.74) is 0. The third-order valence-corrected chi connectivity index (χ3v) is 4.46. The summed E-state index contributed by atoms with van der Waals surface area (Å²) in [4.78, 5) is 2.62. The van der Waals surface area contributed by atoms with E-state index in [2.05, 4.69) is 31.0 Å². The molecule has 1 aliphatic carbocycles. The van der Waals surface area contributed by atoms with Gasteiger partial charge in [-0.2, -0.15) is 0 Å². The Kier molecular flexibility index (Phi) is 5.46. The van der Waals surface area contributed by atoms with E-state index in [0.29, 0.717) is 12.1 Å². The molecule has 0 spiro atoms. The summed E-state index contributed by atoms with van der Waals surface area (Å²) >= 11 is 0. The quantitative estimate of drug-likeness (QED) is 0.815. The monoisotopic (exact) mass is 254 g/mol. The first kappa shape index (κ1) is 14.3. The van der Waals surface area contributed by atoms with E-state index >= 15 is 0 Å². The van der Waals surface area contributed by atoms with Gasteiger partial charge in [0.2, 0.25) is 0 Å². The fourth-order valence-electron chi connectivity index (χ4n) is 3.21. The smallest absolute Gasteiger partial charge is 0.0604 e. The van der Waals surface area contributed by atoms with Gasteiger partial charge < -0.3 is 15.0 Å². The highest BCUT2D eigenvalue weighted by molar-refractivity contribution is 4.89. The Morgan fingerprint density at radius 1 is 1.17 bits per heavy atom. The molecule has 0 bridgehead atoms. The Morgan fingerprint density at radius 2 is 1.94 bits per heavy atom. The zero-order valence-corrected chi connectivity index (χ0v) is 12.3. The molecule has 3 heteroatoms. The molecule has 106 valence electrons. The van der Waals surface area contributed by atoms with E-state index in [1.165, 1.54) is 45.2 Å². The van der Waals surface area contributed by atoms with Crippen molar-refractivity contribution < 1.29 is 4.74 Å². The van der Waals surface area contributed by atoms with Crippen LogP contribution in [0, 0.1) is 0 Å². The lowest BCUT2D eigenvalue weighted by Crippen LogP contribution is -2.49. The van der Waals surface area contributed by atoms with Gasteiger partial charge in [-0.3, -0.25) is 0 Å². The van der Waals surface area contributed by atoms with Crippen LogP contribution < -0.4 is 5.32 Å². The molecule has 1 N–H and O–H groups in total. The third-order valence-electron chi connectivity index (χ3n) is 4.46. The number of rotatable bonds is 5. The normalized spacial score (nSPS) is 34.3. The summed E-state index contributed by atoms with van der Waals surface area (Å²) < 4.78 is 5.62. The van der Waals surface area contributed by atoms with Crippen LogP contribution in [0.25, 0.3) is 0 Å². The van der Waals surface area contributed by atoms with Gasteiger partial charge in [-0.15, -0.1) is 0 Å². The number of ether oxygens (including phenoxy) is 1. The van der Waals surface area contributed by atoms with Crippen LogP contribution >= 0.6 is 0 Å². The molecule has 2 fully saturated rings. The molecule has 1 aliphatic heterocycles. The van der Waals surface area contributed by atoms with Crippen LogP contribution in [0.2, 0.25) is 0 Å². The van der Waals surface area contributed by atoms with Gasteiger partial charge in [-0.05, 0) is 66.0 Å². The first-order chi connectivity index (χ1) is 8.69. The van der Waals surface area contributed by atoms with E-state index in [1.54, 1.807) is 0 Å². The van der Waals surface area contributed by atoms with Crippen LogP contribution in [0.5, 0.6) is 0 Å². The first-order valence-corrected chi connectivity index (χ1v) is 7.80. The Labute approximate surface area is 112 Å². The topological polar surface area (TPSA) is 24.5 Å². The number of likely N-dealkylation sites (tertiary alicyclic amines) is 1. The van der Waals surface area contributed by atoms with E-state index in [0.717, 1.165) is 18.7 Å². The Balaban J connectivity index is 1.65. The van der Waals surface area contributed by atoms with Crippen molar-refractivity contribution in [3.8, 4) is 0 Å². The molecule has 3 nitrogen and oxygen atoms in total. The van der Waals surface area contributed by atoms with Gasteiger partial charge in [0, 0.05) is 24.7 Å². The summed E-state index contributed by atoms with van der Waals surface area (Å²) in [5, 5.41) is 3.84. The predicted molar refractivity (Wildman–Crippen MR) is 75.9 cm³/mol. The maximum absolute atomic E-state index is 5.62. The molecule has 0 aromatic heterocycles. The van der Waals surface area contributed by atoms with E-state index in [9.17, 15) is 0 Å². The molecule has 2 rings (SSSR count). The zero-order chi connectivity index (χ0) is 13.0. The van der Waals surface area contributed by atoms with Crippen LogP contribution in [-0.4, -0.2) is 48.8 Å². The number of nitrogens with zero attached hydrogens (tertiary/aromatic N) is 1. The molecule has 0 aromatic carbocycles. The van der Waals surface area contributed by atoms with Crippen molar-refractivity contribution in [1.29, 1.82) is 0 Å². The maximum atomic E-state index is 5.62. The molecule has 0 aromatic rings. The van der Waals surface area contributed by atoms with Gasteiger partial charge in [0.25, 0.3) is 0 Å². The fourth-order valence-corrected chi connectivity index (χ4v) is 3.21. The van der Waals surface area contributed by atoms with Crippen molar-refractivity contribution in [2.24, 2.45) is 0 Å². The Hall–Kier alpha value is -0.120. The molecule has 0 radical (unpaired) electrons. The average Bonchev–Trinajstić information content (AvgIpc) is 2.52. The standard InChI is InChI=1S/C15H30N2O/c1-4-18-15-10-14(11-15)16-13-6-5-8-17(9-7-13)12(2)3/h12-16H,4-11H2,1-3H3. The summed E-state index contributed by atoms with van der Waals surface area (Å²) in [6, 6.07) is 2.16. The predicted octanol–water partition coefficient (Wildman–Crippen LogP) is 2.41. The highest BCUT2D eigenvalue weighted by Crippen LogP contribution is 2.25. The summed E-state index contributed by atoms with van der Waals surface area (Å²) in [5.74, 6) is 0. The highest BCUT2D eigenvalue weighted by Gasteiger charge is 2.31. The van der Waals surface area contributed by atoms with Crippen LogP contribution in [0.3, 0.4) is 0 Å². The lowest BCUT2D eigenvalue weighted by molar-refractivity contribution is -0.0127. The van der Waals surface area contributed by atoms with E-state index < -0.39 is 0 Å². The second kappa shape index (κ2) is 6.88. The van der Waals surface area contributed by atoms with Crippen molar-refractivity contribution in [3.05, 3.63) is 0 Å². The van der Waals surface area contributed by atoms with E-state index in [4.69, 9.17) is 4.74 Å². The van der Waals surface area contributed by atoms with Gasteiger partial charge in [0.05, 0.1) is 6.10 Å². The van der Waals surface area contributed by atoms with Crippen molar-refractivity contribution >= 4 is 0 Å². The molecular formula is C15H30N2O. The Morgan fingerprint density at radius 3 is 2.61 bits per heavy atom. The molecule has 1 heterocycles. The molecule has 1 unspecified atom stereocenters. The van der Waals surface area contributed by atoms with Gasteiger partial charge >= 0.3 is 0 Å². The molecule has 18 heavy (non-hydrogen) atoms. The van der Waals surface area contributed by atoms with E-state index in [-0.39, 0.29) is 0 Å². The Bertz CT molecular complexity index is 239. The molecular weight excluding hydrogens is 224 g/mol. The number of nitrogens with one attached hydrogen (secondary N) is 1. The first-order valence-electron chi connectivity index (χ1n) is 7.80. The average molecular weight is 254 g/mol. The second-order valence-electron chi connectivity index (χ2n) is 6.17. The van der Waals surface area contributed by atoms with Crippen molar-refractivity contribution in [2.75, 3.05) is 19.7 Å². The fraction of sp³-hybridized carbons (Fsp3) is 1.00. The van der Waals surface area contributed by atoms with Crippen LogP contribution in [-0.2, 0) is 4.74 Å². The van der Waals surface area contributed by atoms with E-state index in [1.807, 2.05) is 0 Å². The summed E-state index contributed by atoms with van der Waals surface area (Å²) in [6.07, 6.45) is 6.98. The molecule has 2 aliphatic rings. The van der Waals surface area contributed by atoms with Gasteiger partial charge in [0.15, 0.2) is 0 Å². The van der Waals surface area contributed by atoms with Gasteiger partial charge in [-0.1, -0.05) is 0 Å². The molecule has 1 saturated heterocycles. The number of hydrogen-bond donors (Lipinski definition) is 1. The lowest BCUT2D eigenvalue weighted by Gasteiger charge is -2.38. The largest absolute Gasteiger partial charge is 0.378 e. The minimum absolute atomic E-state index is 0.533. The minimum Gasteiger partial charge on any atom is -0.378 e. The number of hydrogen-bond acceptors (Lipinski definition) is 3.